The predicted molar refractivity (Wildman–Crippen MR) is 102 cm³/mol. The van der Waals surface area contributed by atoms with Gasteiger partial charge in [-0.3, -0.25) is 4.79 Å². The Kier molecular flexibility index (Phi) is 6.85. The molecule has 0 unspecified atom stereocenters. The average molecular weight is 385 g/mol. The van der Waals surface area contributed by atoms with Gasteiger partial charge < -0.3 is 15.0 Å². The SMILES string of the molecule is O=C(CCCOc1cccc(Cl)c1Cl)N1CCC(NCC2CC2)CC1. The van der Waals surface area contributed by atoms with E-state index in [9.17, 15) is 4.79 Å². The molecular formula is C19H26Cl2N2O2. The monoisotopic (exact) mass is 384 g/mol. The first-order valence-electron chi connectivity index (χ1n) is 9.21. The van der Waals surface area contributed by atoms with Crippen molar-refractivity contribution in [2.45, 2.75) is 44.6 Å². The lowest BCUT2D eigenvalue weighted by molar-refractivity contribution is -0.132. The summed E-state index contributed by atoms with van der Waals surface area (Å²) in [5.74, 6) is 1.71. The minimum Gasteiger partial charge on any atom is -0.492 e. The molecular weight excluding hydrogens is 359 g/mol. The number of ether oxygens (including phenoxy) is 1. The van der Waals surface area contributed by atoms with E-state index in [0.29, 0.717) is 41.3 Å². The summed E-state index contributed by atoms with van der Waals surface area (Å²) in [5, 5.41) is 4.55. The second-order valence-electron chi connectivity index (χ2n) is 7.01. The molecule has 0 aromatic heterocycles. The fourth-order valence-corrected chi connectivity index (χ4v) is 3.49. The van der Waals surface area contributed by atoms with E-state index in [2.05, 4.69) is 5.32 Å². The molecule has 0 atom stereocenters. The zero-order valence-corrected chi connectivity index (χ0v) is 16.0. The van der Waals surface area contributed by atoms with Crippen LogP contribution < -0.4 is 10.1 Å². The minimum absolute atomic E-state index is 0.224. The van der Waals surface area contributed by atoms with Gasteiger partial charge in [-0.05, 0) is 56.7 Å². The number of hydrogen-bond donors (Lipinski definition) is 1. The number of carbonyl (C=O) groups excluding carboxylic acids is 1. The molecule has 3 rings (SSSR count). The number of piperidine rings is 1. The Balaban J connectivity index is 1.31. The van der Waals surface area contributed by atoms with Crippen molar-refractivity contribution in [3.8, 4) is 5.75 Å². The molecule has 1 amide bonds. The molecule has 1 aromatic carbocycles. The molecule has 1 aliphatic heterocycles. The van der Waals surface area contributed by atoms with Crippen LogP contribution in [0.25, 0.3) is 0 Å². The van der Waals surface area contributed by atoms with Crippen LogP contribution in [0.4, 0.5) is 0 Å². The van der Waals surface area contributed by atoms with Crippen molar-refractivity contribution in [3.63, 3.8) is 0 Å². The van der Waals surface area contributed by atoms with Gasteiger partial charge in [0.2, 0.25) is 5.91 Å². The summed E-state index contributed by atoms with van der Waals surface area (Å²) in [6.45, 7) is 3.34. The maximum Gasteiger partial charge on any atom is 0.222 e. The maximum absolute atomic E-state index is 12.3. The smallest absolute Gasteiger partial charge is 0.222 e. The zero-order chi connectivity index (χ0) is 17.6. The lowest BCUT2D eigenvalue weighted by Crippen LogP contribution is -2.45. The van der Waals surface area contributed by atoms with Crippen LogP contribution in [-0.2, 0) is 4.79 Å². The molecule has 0 spiro atoms. The standard InChI is InChI=1S/C19H26Cl2N2O2/c20-16-3-1-4-17(19(16)21)25-12-2-5-18(24)23-10-8-15(9-11-23)22-13-14-6-7-14/h1,3-4,14-15,22H,2,5-13H2. The van der Waals surface area contributed by atoms with Crippen LogP contribution in [0.5, 0.6) is 5.75 Å². The van der Waals surface area contributed by atoms with Crippen LogP contribution in [0, 0.1) is 5.92 Å². The van der Waals surface area contributed by atoms with Crippen LogP contribution in [0.2, 0.25) is 10.0 Å². The summed E-state index contributed by atoms with van der Waals surface area (Å²) >= 11 is 12.0. The molecule has 2 aliphatic rings. The van der Waals surface area contributed by atoms with Crippen molar-refractivity contribution >= 4 is 29.1 Å². The molecule has 1 aromatic rings. The van der Waals surface area contributed by atoms with Gasteiger partial charge in [0.1, 0.15) is 10.8 Å². The highest BCUT2D eigenvalue weighted by Gasteiger charge is 2.25. The third-order valence-electron chi connectivity index (χ3n) is 4.95. The maximum atomic E-state index is 12.3. The number of benzene rings is 1. The van der Waals surface area contributed by atoms with E-state index in [0.717, 1.165) is 38.4 Å². The highest BCUT2D eigenvalue weighted by Crippen LogP contribution is 2.31. The van der Waals surface area contributed by atoms with Gasteiger partial charge in [-0.2, -0.15) is 0 Å². The Morgan fingerprint density at radius 2 is 1.96 bits per heavy atom. The van der Waals surface area contributed by atoms with Gasteiger partial charge in [-0.15, -0.1) is 0 Å². The molecule has 1 heterocycles. The predicted octanol–water partition coefficient (Wildman–Crippen LogP) is 4.14. The van der Waals surface area contributed by atoms with Crippen LogP contribution >= 0.6 is 23.2 Å². The first-order valence-corrected chi connectivity index (χ1v) is 9.97. The summed E-state index contributed by atoms with van der Waals surface area (Å²) in [4.78, 5) is 14.3. The van der Waals surface area contributed by atoms with Gasteiger partial charge in [0, 0.05) is 25.6 Å². The Morgan fingerprint density at radius 1 is 1.20 bits per heavy atom. The number of nitrogens with one attached hydrogen (secondary N) is 1. The summed E-state index contributed by atoms with van der Waals surface area (Å²) in [7, 11) is 0. The van der Waals surface area contributed by atoms with Gasteiger partial charge in [0.25, 0.3) is 0 Å². The second kappa shape index (κ2) is 9.11. The normalized spacial score (nSPS) is 18.4. The van der Waals surface area contributed by atoms with Crippen LogP contribution in [-0.4, -0.2) is 43.1 Å². The molecule has 25 heavy (non-hydrogen) atoms. The third kappa shape index (κ3) is 5.77. The van der Waals surface area contributed by atoms with Crippen molar-refractivity contribution in [2.24, 2.45) is 5.92 Å². The topological polar surface area (TPSA) is 41.6 Å². The quantitative estimate of drug-likeness (QED) is 0.684. The molecule has 1 N–H and O–H groups in total. The van der Waals surface area contributed by atoms with E-state index < -0.39 is 0 Å². The minimum atomic E-state index is 0.224. The third-order valence-corrected chi connectivity index (χ3v) is 5.75. The Labute approximate surface area is 159 Å². The van der Waals surface area contributed by atoms with Gasteiger partial charge in [0.05, 0.1) is 11.6 Å². The summed E-state index contributed by atoms with van der Waals surface area (Å²) in [5.41, 5.74) is 0. The van der Waals surface area contributed by atoms with Gasteiger partial charge in [-0.25, -0.2) is 0 Å². The molecule has 0 bridgehead atoms. The van der Waals surface area contributed by atoms with E-state index in [1.165, 1.54) is 12.8 Å². The molecule has 6 heteroatoms. The van der Waals surface area contributed by atoms with E-state index in [-0.39, 0.29) is 5.91 Å². The number of hydrogen-bond acceptors (Lipinski definition) is 3. The molecule has 1 saturated carbocycles. The molecule has 2 fully saturated rings. The van der Waals surface area contributed by atoms with E-state index in [4.69, 9.17) is 27.9 Å². The molecule has 0 radical (unpaired) electrons. The van der Waals surface area contributed by atoms with Gasteiger partial charge in [0.15, 0.2) is 0 Å². The number of amides is 1. The van der Waals surface area contributed by atoms with Crippen molar-refractivity contribution in [1.29, 1.82) is 0 Å². The first-order chi connectivity index (χ1) is 12.1. The van der Waals surface area contributed by atoms with Gasteiger partial charge >= 0.3 is 0 Å². The molecule has 1 saturated heterocycles. The summed E-state index contributed by atoms with van der Waals surface area (Å²) < 4.78 is 5.64. The van der Waals surface area contributed by atoms with E-state index in [1.807, 2.05) is 4.90 Å². The van der Waals surface area contributed by atoms with Crippen LogP contribution in [0.3, 0.4) is 0 Å². The number of rotatable bonds is 8. The van der Waals surface area contributed by atoms with Crippen molar-refractivity contribution in [2.75, 3.05) is 26.2 Å². The molecule has 4 nitrogen and oxygen atoms in total. The highest BCUT2D eigenvalue weighted by atomic mass is 35.5. The lowest BCUT2D eigenvalue weighted by Gasteiger charge is -2.32. The number of likely N-dealkylation sites (tertiary alicyclic amines) is 1. The van der Waals surface area contributed by atoms with Gasteiger partial charge in [-0.1, -0.05) is 29.3 Å². The Morgan fingerprint density at radius 3 is 2.68 bits per heavy atom. The Hall–Kier alpha value is -0.970. The van der Waals surface area contributed by atoms with Crippen molar-refractivity contribution < 1.29 is 9.53 Å². The average Bonchev–Trinajstić information content (AvgIpc) is 3.45. The fourth-order valence-electron chi connectivity index (χ4n) is 3.15. The fraction of sp³-hybridized carbons (Fsp3) is 0.632. The zero-order valence-electron chi connectivity index (χ0n) is 14.5. The molecule has 1 aliphatic carbocycles. The lowest BCUT2D eigenvalue weighted by atomic mass is 10.0. The van der Waals surface area contributed by atoms with Crippen LogP contribution in [0.1, 0.15) is 38.5 Å². The first kappa shape index (κ1) is 18.8. The van der Waals surface area contributed by atoms with E-state index >= 15 is 0 Å². The summed E-state index contributed by atoms with van der Waals surface area (Å²) in [6, 6.07) is 5.90. The summed E-state index contributed by atoms with van der Waals surface area (Å²) in [6.07, 6.45) is 6.08. The number of nitrogens with zero attached hydrogens (tertiary/aromatic N) is 1. The van der Waals surface area contributed by atoms with Crippen molar-refractivity contribution in [1.82, 2.24) is 10.2 Å². The van der Waals surface area contributed by atoms with Crippen molar-refractivity contribution in [3.05, 3.63) is 28.2 Å². The van der Waals surface area contributed by atoms with Crippen LogP contribution in [0.15, 0.2) is 18.2 Å². The van der Waals surface area contributed by atoms with E-state index in [1.54, 1.807) is 18.2 Å². The number of halogens is 2. The largest absolute Gasteiger partial charge is 0.492 e. The second-order valence-corrected chi connectivity index (χ2v) is 7.80. The highest BCUT2D eigenvalue weighted by molar-refractivity contribution is 6.42. The molecule has 138 valence electrons. The Bertz CT molecular complexity index is 585. The number of carbonyl (C=O) groups is 1.